The summed E-state index contributed by atoms with van der Waals surface area (Å²) in [7, 11) is 0. The Kier molecular flexibility index (Phi) is 4.43. The Bertz CT molecular complexity index is 278. The lowest BCUT2D eigenvalue weighted by Gasteiger charge is -2.25. The van der Waals surface area contributed by atoms with Gasteiger partial charge < -0.3 is 10.2 Å². The van der Waals surface area contributed by atoms with Crippen molar-refractivity contribution in [2.24, 2.45) is 5.73 Å². The maximum absolute atomic E-state index is 5.57. The van der Waals surface area contributed by atoms with Crippen LogP contribution in [0.4, 0.5) is 0 Å². The highest BCUT2D eigenvalue weighted by molar-refractivity contribution is 5.05. The second-order valence-corrected chi connectivity index (χ2v) is 4.56. The Morgan fingerprint density at radius 1 is 1.31 bits per heavy atom. The topological polar surface area (TPSA) is 42.4 Å². The molecule has 1 aromatic rings. The minimum absolute atomic E-state index is 0.476. The van der Waals surface area contributed by atoms with Gasteiger partial charge in [-0.15, -0.1) is 0 Å². The first kappa shape index (κ1) is 11.7. The van der Waals surface area contributed by atoms with E-state index in [0.29, 0.717) is 6.04 Å². The Hall–Kier alpha value is -0.800. The largest absolute Gasteiger partial charge is 0.468 e. The molecule has 1 aromatic heterocycles. The minimum Gasteiger partial charge on any atom is -0.468 e. The van der Waals surface area contributed by atoms with Crippen LogP contribution in [0.2, 0.25) is 0 Å². The van der Waals surface area contributed by atoms with Gasteiger partial charge in [0.1, 0.15) is 5.76 Å². The summed E-state index contributed by atoms with van der Waals surface area (Å²) >= 11 is 0. The highest BCUT2D eigenvalue weighted by Crippen LogP contribution is 2.29. The molecule has 1 fully saturated rings. The summed E-state index contributed by atoms with van der Waals surface area (Å²) in [6.45, 7) is 3.23. The average molecular weight is 222 g/mol. The minimum atomic E-state index is 0.476. The molecule has 0 aromatic carbocycles. The molecule has 90 valence electrons. The van der Waals surface area contributed by atoms with Crippen LogP contribution in [0.5, 0.6) is 0 Å². The van der Waals surface area contributed by atoms with Gasteiger partial charge in [-0.3, -0.25) is 4.90 Å². The van der Waals surface area contributed by atoms with Crippen molar-refractivity contribution in [1.82, 2.24) is 4.90 Å². The molecule has 0 saturated carbocycles. The van der Waals surface area contributed by atoms with Gasteiger partial charge in [0.05, 0.1) is 12.3 Å². The highest BCUT2D eigenvalue weighted by atomic mass is 16.3. The zero-order valence-electron chi connectivity index (χ0n) is 9.90. The van der Waals surface area contributed by atoms with Gasteiger partial charge in [0, 0.05) is 0 Å². The summed E-state index contributed by atoms with van der Waals surface area (Å²) in [4.78, 5) is 2.55. The molecule has 1 aliphatic heterocycles. The smallest absolute Gasteiger partial charge is 0.120 e. The SMILES string of the molecule is NCCCCC(c1ccco1)N1CCCC1. The molecule has 0 aliphatic carbocycles. The molecule has 2 heterocycles. The van der Waals surface area contributed by atoms with Crippen LogP contribution in [0.3, 0.4) is 0 Å². The van der Waals surface area contributed by atoms with Gasteiger partial charge in [-0.1, -0.05) is 6.42 Å². The van der Waals surface area contributed by atoms with Crippen LogP contribution in [-0.2, 0) is 0 Å². The molecule has 2 N–H and O–H groups in total. The first-order chi connectivity index (χ1) is 7.92. The van der Waals surface area contributed by atoms with Crippen LogP contribution in [0.15, 0.2) is 22.8 Å². The Labute approximate surface area is 97.6 Å². The van der Waals surface area contributed by atoms with Crippen LogP contribution in [-0.4, -0.2) is 24.5 Å². The molecule has 1 unspecified atom stereocenters. The molecular formula is C13H22N2O. The number of likely N-dealkylation sites (tertiary alicyclic amines) is 1. The zero-order chi connectivity index (χ0) is 11.2. The first-order valence-electron chi connectivity index (χ1n) is 6.39. The molecule has 0 spiro atoms. The van der Waals surface area contributed by atoms with Gasteiger partial charge in [0.2, 0.25) is 0 Å². The van der Waals surface area contributed by atoms with E-state index in [2.05, 4.69) is 11.0 Å². The van der Waals surface area contributed by atoms with E-state index in [4.69, 9.17) is 10.2 Å². The number of rotatable bonds is 6. The van der Waals surface area contributed by atoms with Crippen LogP contribution in [0.25, 0.3) is 0 Å². The van der Waals surface area contributed by atoms with Crippen molar-refractivity contribution in [1.29, 1.82) is 0 Å². The van der Waals surface area contributed by atoms with E-state index in [1.165, 1.54) is 38.8 Å². The van der Waals surface area contributed by atoms with Crippen molar-refractivity contribution in [3.8, 4) is 0 Å². The molecule has 0 amide bonds. The third-order valence-electron chi connectivity index (χ3n) is 3.38. The summed E-state index contributed by atoms with van der Waals surface area (Å²) in [6.07, 6.45) is 7.91. The summed E-state index contributed by atoms with van der Waals surface area (Å²) in [5.74, 6) is 1.12. The fraction of sp³-hybridized carbons (Fsp3) is 0.692. The molecule has 0 bridgehead atoms. The average Bonchev–Trinajstić information content (AvgIpc) is 2.97. The van der Waals surface area contributed by atoms with Gasteiger partial charge >= 0.3 is 0 Å². The summed E-state index contributed by atoms with van der Waals surface area (Å²) in [6, 6.07) is 4.57. The number of unbranched alkanes of at least 4 members (excludes halogenated alkanes) is 1. The van der Waals surface area contributed by atoms with E-state index in [1.807, 2.05) is 6.07 Å². The number of hydrogen-bond donors (Lipinski definition) is 1. The molecule has 2 rings (SSSR count). The fourth-order valence-electron chi connectivity index (χ4n) is 2.52. The molecule has 16 heavy (non-hydrogen) atoms. The van der Waals surface area contributed by atoms with Crippen LogP contribution in [0.1, 0.15) is 43.9 Å². The first-order valence-corrected chi connectivity index (χ1v) is 6.39. The number of hydrogen-bond acceptors (Lipinski definition) is 3. The van der Waals surface area contributed by atoms with Crippen molar-refractivity contribution in [3.63, 3.8) is 0 Å². The Balaban J connectivity index is 1.95. The predicted octanol–water partition coefficient (Wildman–Crippen LogP) is 2.55. The van der Waals surface area contributed by atoms with E-state index in [9.17, 15) is 0 Å². The van der Waals surface area contributed by atoms with E-state index in [1.54, 1.807) is 6.26 Å². The second kappa shape index (κ2) is 6.06. The Morgan fingerprint density at radius 3 is 2.75 bits per heavy atom. The molecular weight excluding hydrogens is 200 g/mol. The van der Waals surface area contributed by atoms with Crippen molar-refractivity contribution >= 4 is 0 Å². The van der Waals surface area contributed by atoms with Crippen molar-refractivity contribution in [2.45, 2.75) is 38.1 Å². The lowest BCUT2D eigenvalue weighted by Crippen LogP contribution is -2.25. The van der Waals surface area contributed by atoms with Crippen molar-refractivity contribution in [3.05, 3.63) is 24.2 Å². The second-order valence-electron chi connectivity index (χ2n) is 4.56. The summed E-state index contributed by atoms with van der Waals surface area (Å²) in [5, 5.41) is 0. The number of nitrogens with two attached hydrogens (primary N) is 1. The van der Waals surface area contributed by atoms with Crippen LogP contribution < -0.4 is 5.73 Å². The molecule has 1 saturated heterocycles. The number of furan rings is 1. The summed E-state index contributed by atoms with van der Waals surface area (Å²) in [5.41, 5.74) is 5.55. The standard InChI is InChI=1S/C13H22N2O/c14-8-2-1-6-12(13-7-5-11-16-13)15-9-3-4-10-15/h5,7,11-12H,1-4,6,8-10,14H2. The normalized spacial score (nSPS) is 19.1. The lowest BCUT2D eigenvalue weighted by atomic mass is 10.1. The maximum Gasteiger partial charge on any atom is 0.120 e. The van der Waals surface area contributed by atoms with E-state index < -0.39 is 0 Å². The molecule has 1 atom stereocenters. The molecule has 1 aliphatic rings. The van der Waals surface area contributed by atoms with E-state index in [0.717, 1.165) is 18.7 Å². The molecule has 0 radical (unpaired) electrons. The van der Waals surface area contributed by atoms with E-state index in [-0.39, 0.29) is 0 Å². The van der Waals surface area contributed by atoms with Crippen LogP contribution >= 0.6 is 0 Å². The summed E-state index contributed by atoms with van der Waals surface area (Å²) < 4.78 is 5.57. The number of nitrogens with zero attached hydrogens (tertiary/aromatic N) is 1. The maximum atomic E-state index is 5.57. The predicted molar refractivity (Wildman–Crippen MR) is 65.2 cm³/mol. The fourth-order valence-corrected chi connectivity index (χ4v) is 2.52. The highest BCUT2D eigenvalue weighted by Gasteiger charge is 2.24. The van der Waals surface area contributed by atoms with Gasteiger partial charge in [0.15, 0.2) is 0 Å². The van der Waals surface area contributed by atoms with Gasteiger partial charge in [0.25, 0.3) is 0 Å². The van der Waals surface area contributed by atoms with E-state index >= 15 is 0 Å². The lowest BCUT2D eigenvalue weighted by molar-refractivity contribution is 0.200. The van der Waals surface area contributed by atoms with Crippen LogP contribution in [0, 0.1) is 0 Å². The van der Waals surface area contributed by atoms with Gasteiger partial charge in [-0.25, -0.2) is 0 Å². The van der Waals surface area contributed by atoms with Crippen molar-refractivity contribution in [2.75, 3.05) is 19.6 Å². The molecule has 3 heteroatoms. The Morgan fingerprint density at radius 2 is 2.12 bits per heavy atom. The molecule has 3 nitrogen and oxygen atoms in total. The quantitative estimate of drug-likeness (QED) is 0.752. The third kappa shape index (κ3) is 2.86. The van der Waals surface area contributed by atoms with Crippen molar-refractivity contribution < 1.29 is 4.42 Å². The van der Waals surface area contributed by atoms with Gasteiger partial charge in [-0.2, -0.15) is 0 Å². The third-order valence-corrected chi connectivity index (χ3v) is 3.38. The zero-order valence-corrected chi connectivity index (χ0v) is 9.90. The van der Waals surface area contributed by atoms with Gasteiger partial charge in [-0.05, 0) is 57.5 Å². The monoisotopic (exact) mass is 222 g/mol.